The van der Waals surface area contributed by atoms with Crippen LogP contribution in [-0.4, -0.2) is 14.8 Å². The van der Waals surface area contributed by atoms with Gasteiger partial charge < -0.3 is 0 Å². The average Bonchev–Trinajstić information content (AvgIpc) is 2.67. The summed E-state index contributed by atoms with van der Waals surface area (Å²) >= 11 is 6.09. The highest BCUT2D eigenvalue weighted by Gasteiger charge is 2.11. The molecule has 0 bridgehead atoms. The van der Waals surface area contributed by atoms with E-state index in [2.05, 4.69) is 23.9 Å². The molecule has 0 atom stereocenters. The predicted molar refractivity (Wildman–Crippen MR) is 60.9 cm³/mol. The second-order valence-corrected chi connectivity index (χ2v) is 4.00. The van der Waals surface area contributed by atoms with Crippen LogP contribution in [-0.2, 0) is 0 Å². The smallest absolute Gasteiger partial charge is 0.107 e. The van der Waals surface area contributed by atoms with Crippen LogP contribution >= 0.6 is 11.6 Å². The van der Waals surface area contributed by atoms with Gasteiger partial charge in [-0.05, 0) is 32.0 Å². The second-order valence-electron chi connectivity index (χ2n) is 3.59. The first-order chi connectivity index (χ1) is 7.20. The van der Waals surface area contributed by atoms with Crippen LogP contribution < -0.4 is 0 Å². The fourth-order valence-corrected chi connectivity index (χ4v) is 1.71. The molecule has 0 unspecified atom stereocenters. The predicted octanol–water partition coefficient (Wildman–Crippen LogP) is 3.18. The number of pyridine rings is 1. The molecule has 3 nitrogen and oxygen atoms in total. The highest BCUT2D eigenvalue weighted by molar-refractivity contribution is 6.32. The molecule has 0 fully saturated rings. The van der Waals surface area contributed by atoms with Crippen LogP contribution in [0, 0.1) is 0 Å². The number of rotatable bonds is 2. The molecule has 0 aliphatic rings. The highest BCUT2D eigenvalue weighted by Crippen LogP contribution is 2.26. The Labute approximate surface area is 93.7 Å². The largest absolute Gasteiger partial charge is 0.261 e. The zero-order valence-electron chi connectivity index (χ0n) is 8.68. The Morgan fingerprint density at radius 1 is 1.27 bits per heavy atom. The van der Waals surface area contributed by atoms with Crippen LogP contribution in [0.15, 0.2) is 30.6 Å². The zero-order chi connectivity index (χ0) is 10.8. The molecule has 0 N–H and O–H groups in total. The fraction of sp³-hybridized carbons (Fsp3) is 0.273. The molecule has 0 aliphatic carbocycles. The molecule has 2 aromatic heterocycles. The van der Waals surface area contributed by atoms with Gasteiger partial charge in [-0.3, -0.25) is 9.67 Å². The van der Waals surface area contributed by atoms with Crippen molar-refractivity contribution >= 4 is 11.6 Å². The van der Waals surface area contributed by atoms with Crippen molar-refractivity contribution in [3.05, 3.63) is 35.6 Å². The van der Waals surface area contributed by atoms with Crippen molar-refractivity contribution < 1.29 is 0 Å². The molecule has 2 heterocycles. The van der Waals surface area contributed by atoms with E-state index in [0.717, 1.165) is 11.4 Å². The van der Waals surface area contributed by atoms with Crippen LogP contribution in [0.2, 0.25) is 5.02 Å². The van der Waals surface area contributed by atoms with Gasteiger partial charge in [0.15, 0.2) is 0 Å². The lowest BCUT2D eigenvalue weighted by molar-refractivity contribution is 0.538. The standard InChI is InChI=1S/C11H12ClN3/c1-8(2)15-10(5-7-14-15)11-9(12)4-3-6-13-11/h3-8H,1-2H3. The number of aromatic nitrogens is 3. The molecule has 0 amide bonds. The maximum Gasteiger partial charge on any atom is 0.107 e. The van der Waals surface area contributed by atoms with Crippen LogP contribution in [0.25, 0.3) is 11.4 Å². The summed E-state index contributed by atoms with van der Waals surface area (Å²) in [6.45, 7) is 4.15. The van der Waals surface area contributed by atoms with E-state index in [1.807, 2.05) is 22.9 Å². The summed E-state index contributed by atoms with van der Waals surface area (Å²) < 4.78 is 1.91. The van der Waals surface area contributed by atoms with Crippen LogP contribution in [0.4, 0.5) is 0 Å². The molecule has 2 rings (SSSR count). The van der Waals surface area contributed by atoms with E-state index in [9.17, 15) is 0 Å². The summed E-state index contributed by atoms with van der Waals surface area (Å²) in [5.41, 5.74) is 1.74. The van der Waals surface area contributed by atoms with Crippen molar-refractivity contribution in [2.45, 2.75) is 19.9 Å². The third-order valence-electron chi connectivity index (χ3n) is 2.16. The summed E-state index contributed by atoms with van der Waals surface area (Å²) in [6, 6.07) is 5.88. The van der Waals surface area contributed by atoms with E-state index < -0.39 is 0 Å². The molecule has 2 aromatic rings. The number of hydrogen-bond acceptors (Lipinski definition) is 2. The molecular weight excluding hydrogens is 210 g/mol. The van der Waals surface area contributed by atoms with Crippen molar-refractivity contribution in [3.8, 4) is 11.4 Å². The van der Waals surface area contributed by atoms with Crippen molar-refractivity contribution in [2.75, 3.05) is 0 Å². The lowest BCUT2D eigenvalue weighted by atomic mass is 10.2. The SMILES string of the molecule is CC(C)n1nccc1-c1ncccc1Cl. The van der Waals surface area contributed by atoms with E-state index in [-0.39, 0.29) is 0 Å². The van der Waals surface area contributed by atoms with Crippen LogP contribution in [0.5, 0.6) is 0 Å². The van der Waals surface area contributed by atoms with Crippen molar-refractivity contribution in [1.82, 2.24) is 14.8 Å². The summed E-state index contributed by atoms with van der Waals surface area (Å²) in [4.78, 5) is 4.27. The van der Waals surface area contributed by atoms with Gasteiger partial charge in [0.1, 0.15) is 5.69 Å². The van der Waals surface area contributed by atoms with E-state index in [4.69, 9.17) is 11.6 Å². The van der Waals surface area contributed by atoms with Gasteiger partial charge >= 0.3 is 0 Å². The van der Waals surface area contributed by atoms with Crippen LogP contribution in [0.3, 0.4) is 0 Å². The maximum absolute atomic E-state index is 6.09. The van der Waals surface area contributed by atoms with Gasteiger partial charge in [-0.2, -0.15) is 5.10 Å². The number of nitrogens with zero attached hydrogens (tertiary/aromatic N) is 3. The minimum atomic E-state index is 0.299. The minimum absolute atomic E-state index is 0.299. The second kappa shape index (κ2) is 4.03. The summed E-state index contributed by atoms with van der Waals surface area (Å²) in [6.07, 6.45) is 3.50. The summed E-state index contributed by atoms with van der Waals surface area (Å²) in [5, 5.41) is 4.90. The van der Waals surface area contributed by atoms with E-state index >= 15 is 0 Å². The van der Waals surface area contributed by atoms with Gasteiger partial charge in [0, 0.05) is 18.4 Å². The molecule has 0 radical (unpaired) electrons. The average molecular weight is 222 g/mol. The van der Waals surface area contributed by atoms with Gasteiger partial charge in [-0.15, -0.1) is 0 Å². The van der Waals surface area contributed by atoms with Crippen molar-refractivity contribution in [2.24, 2.45) is 0 Å². The van der Waals surface area contributed by atoms with E-state index in [1.54, 1.807) is 12.4 Å². The van der Waals surface area contributed by atoms with Gasteiger partial charge in [0.25, 0.3) is 0 Å². The van der Waals surface area contributed by atoms with Gasteiger partial charge in [0.05, 0.1) is 10.7 Å². The summed E-state index contributed by atoms with van der Waals surface area (Å²) in [7, 11) is 0. The molecule has 0 saturated carbocycles. The monoisotopic (exact) mass is 221 g/mol. The Hall–Kier alpha value is -1.35. The third kappa shape index (κ3) is 1.88. The minimum Gasteiger partial charge on any atom is -0.261 e. The molecule has 15 heavy (non-hydrogen) atoms. The van der Waals surface area contributed by atoms with Crippen molar-refractivity contribution in [3.63, 3.8) is 0 Å². The molecule has 0 aliphatic heterocycles. The van der Waals surface area contributed by atoms with E-state index in [0.29, 0.717) is 11.1 Å². The Morgan fingerprint density at radius 3 is 2.73 bits per heavy atom. The van der Waals surface area contributed by atoms with Gasteiger partial charge in [0.2, 0.25) is 0 Å². The first kappa shape index (κ1) is 10.2. The zero-order valence-corrected chi connectivity index (χ0v) is 9.44. The molecule has 4 heteroatoms. The maximum atomic E-state index is 6.09. The summed E-state index contributed by atoms with van der Waals surface area (Å²) in [5.74, 6) is 0. The molecule has 0 saturated heterocycles. The Kier molecular flexibility index (Phi) is 2.73. The molecular formula is C11H12ClN3. The lowest BCUT2D eigenvalue weighted by Crippen LogP contribution is -2.05. The quantitative estimate of drug-likeness (QED) is 0.780. The van der Waals surface area contributed by atoms with Gasteiger partial charge in [-0.1, -0.05) is 11.6 Å². The lowest BCUT2D eigenvalue weighted by Gasteiger charge is -2.10. The number of halogens is 1. The van der Waals surface area contributed by atoms with E-state index in [1.165, 1.54) is 0 Å². The Morgan fingerprint density at radius 2 is 2.07 bits per heavy atom. The molecule has 0 aromatic carbocycles. The highest BCUT2D eigenvalue weighted by atomic mass is 35.5. The first-order valence-corrected chi connectivity index (χ1v) is 5.22. The Bertz CT molecular complexity index is 462. The normalized spacial score (nSPS) is 10.9. The fourth-order valence-electron chi connectivity index (χ4n) is 1.49. The third-order valence-corrected chi connectivity index (χ3v) is 2.47. The van der Waals surface area contributed by atoms with Crippen molar-refractivity contribution in [1.29, 1.82) is 0 Å². The molecule has 78 valence electrons. The van der Waals surface area contributed by atoms with Crippen LogP contribution in [0.1, 0.15) is 19.9 Å². The topological polar surface area (TPSA) is 30.7 Å². The first-order valence-electron chi connectivity index (χ1n) is 4.84. The van der Waals surface area contributed by atoms with Gasteiger partial charge in [-0.25, -0.2) is 0 Å². The number of hydrogen-bond donors (Lipinski definition) is 0. The molecule has 0 spiro atoms. The Balaban J connectivity index is 2.55.